The summed E-state index contributed by atoms with van der Waals surface area (Å²) in [5.74, 6) is 0.784. The zero-order valence-corrected chi connectivity index (χ0v) is 6.64. The highest BCUT2D eigenvalue weighted by Gasteiger charge is 2.14. The highest BCUT2D eigenvalue weighted by Crippen LogP contribution is 2.30. The Morgan fingerprint density at radius 1 is 1.70 bits per heavy atom. The molecule has 0 spiro atoms. The minimum absolute atomic E-state index is 0.302. The molecular formula is C9H16O. The highest BCUT2D eigenvalue weighted by atomic mass is 16.2. The fourth-order valence-corrected chi connectivity index (χ4v) is 1.60. The maximum Gasteiger partial charge on any atom is 0.0465 e. The Labute approximate surface area is 62.8 Å². The van der Waals surface area contributed by atoms with Gasteiger partial charge in [0.05, 0.1) is 0 Å². The van der Waals surface area contributed by atoms with Crippen molar-refractivity contribution in [2.24, 2.45) is 5.92 Å². The smallest absolute Gasteiger partial charge is 0.0465 e. The van der Waals surface area contributed by atoms with E-state index in [9.17, 15) is 0 Å². The van der Waals surface area contributed by atoms with E-state index in [1.807, 2.05) is 0 Å². The first-order chi connectivity index (χ1) is 4.84. The van der Waals surface area contributed by atoms with Crippen LogP contribution in [0.25, 0.3) is 0 Å². The summed E-state index contributed by atoms with van der Waals surface area (Å²) in [5.41, 5.74) is 1.56. The first-order valence-corrected chi connectivity index (χ1v) is 4.14. The van der Waals surface area contributed by atoms with Gasteiger partial charge in [0.25, 0.3) is 0 Å². The number of aliphatic hydroxyl groups excluding tert-OH is 1. The van der Waals surface area contributed by atoms with Gasteiger partial charge in [-0.25, -0.2) is 0 Å². The zero-order chi connectivity index (χ0) is 7.40. The van der Waals surface area contributed by atoms with E-state index < -0.39 is 0 Å². The lowest BCUT2D eigenvalue weighted by atomic mass is 10.0. The van der Waals surface area contributed by atoms with Crippen LogP contribution in [0.5, 0.6) is 0 Å². The van der Waals surface area contributed by atoms with Crippen molar-refractivity contribution in [3.05, 3.63) is 11.6 Å². The van der Waals surface area contributed by atoms with Crippen LogP contribution in [0.4, 0.5) is 0 Å². The van der Waals surface area contributed by atoms with Gasteiger partial charge < -0.3 is 5.11 Å². The molecule has 0 aromatic carbocycles. The number of hydrogen-bond donors (Lipinski definition) is 1. The van der Waals surface area contributed by atoms with E-state index >= 15 is 0 Å². The Balaban J connectivity index is 2.38. The summed E-state index contributed by atoms with van der Waals surface area (Å²) >= 11 is 0. The summed E-state index contributed by atoms with van der Waals surface area (Å²) in [6.07, 6.45) is 7.01. The maximum absolute atomic E-state index is 8.57. The van der Waals surface area contributed by atoms with Gasteiger partial charge in [0.2, 0.25) is 0 Å². The normalized spacial score (nSPS) is 29.8. The fraction of sp³-hybridized carbons (Fsp3) is 0.778. The van der Waals surface area contributed by atoms with Gasteiger partial charge >= 0.3 is 0 Å². The molecule has 0 radical (unpaired) electrons. The Kier molecular flexibility index (Phi) is 2.94. The molecule has 1 unspecified atom stereocenters. The molecule has 1 aliphatic carbocycles. The number of aliphatic hydroxyl groups is 1. The van der Waals surface area contributed by atoms with E-state index in [1.54, 1.807) is 5.57 Å². The summed E-state index contributed by atoms with van der Waals surface area (Å²) in [5, 5.41) is 8.57. The van der Waals surface area contributed by atoms with Crippen molar-refractivity contribution in [2.45, 2.75) is 32.6 Å². The maximum atomic E-state index is 8.57. The van der Waals surface area contributed by atoms with Crippen LogP contribution in [0.2, 0.25) is 0 Å². The van der Waals surface area contributed by atoms with Crippen molar-refractivity contribution in [1.29, 1.82) is 0 Å². The van der Waals surface area contributed by atoms with Gasteiger partial charge in [-0.05, 0) is 31.6 Å². The molecule has 0 heterocycles. The predicted molar refractivity (Wildman–Crippen MR) is 42.8 cm³/mol. The van der Waals surface area contributed by atoms with E-state index in [0.717, 1.165) is 12.3 Å². The number of rotatable bonds is 2. The van der Waals surface area contributed by atoms with Crippen LogP contribution < -0.4 is 0 Å². The molecule has 58 valence electrons. The Hall–Kier alpha value is -0.300. The van der Waals surface area contributed by atoms with E-state index in [4.69, 9.17) is 5.11 Å². The minimum Gasteiger partial charge on any atom is -0.396 e. The molecule has 1 aliphatic rings. The lowest BCUT2D eigenvalue weighted by molar-refractivity contribution is 0.302. The van der Waals surface area contributed by atoms with Crippen molar-refractivity contribution < 1.29 is 5.11 Å². The van der Waals surface area contributed by atoms with Gasteiger partial charge in [0.15, 0.2) is 0 Å². The molecule has 0 saturated heterocycles. The molecule has 0 bridgehead atoms. The minimum atomic E-state index is 0.302. The average Bonchev–Trinajstić information content (AvgIpc) is 2.31. The van der Waals surface area contributed by atoms with Crippen LogP contribution in [0.3, 0.4) is 0 Å². The molecule has 1 nitrogen and oxygen atoms in total. The van der Waals surface area contributed by atoms with Crippen LogP contribution in [0.1, 0.15) is 32.6 Å². The van der Waals surface area contributed by atoms with Gasteiger partial charge in [-0.1, -0.05) is 18.6 Å². The molecule has 1 saturated carbocycles. The number of hydrogen-bond acceptors (Lipinski definition) is 1. The molecule has 1 N–H and O–H groups in total. The van der Waals surface area contributed by atoms with Crippen LogP contribution in [-0.2, 0) is 0 Å². The average molecular weight is 140 g/mol. The van der Waals surface area contributed by atoms with Crippen LogP contribution >= 0.6 is 0 Å². The Morgan fingerprint density at radius 3 is 3.00 bits per heavy atom. The summed E-state index contributed by atoms with van der Waals surface area (Å²) in [7, 11) is 0. The molecule has 1 heteroatoms. The van der Waals surface area contributed by atoms with Crippen molar-refractivity contribution in [2.75, 3.05) is 6.61 Å². The van der Waals surface area contributed by atoms with E-state index in [2.05, 4.69) is 13.0 Å². The number of allylic oxidation sites excluding steroid dienone is 1. The van der Waals surface area contributed by atoms with Crippen molar-refractivity contribution in [3.63, 3.8) is 0 Å². The van der Waals surface area contributed by atoms with Crippen molar-refractivity contribution in [3.8, 4) is 0 Å². The van der Waals surface area contributed by atoms with Crippen LogP contribution in [0.15, 0.2) is 11.6 Å². The predicted octanol–water partition coefficient (Wildman–Crippen LogP) is 2.12. The lowest BCUT2D eigenvalue weighted by Gasteiger charge is -2.02. The monoisotopic (exact) mass is 140 g/mol. The summed E-state index contributed by atoms with van der Waals surface area (Å²) in [6.45, 7) is 2.58. The molecule has 1 atom stereocenters. The van der Waals surface area contributed by atoms with Gasteiger partial charge in [0.1, 0.15) is 0 Å². The Bertz CT molecular complexity index is 127. The molecule has 1 rings (SSSR count). The first kappa shape index (κ1) is 7.80. The quantitative estimate of drug-likeness (QED) is 0.582. The molecule has 10 heavy (non-hydrogen) atoms. The third kappa shape index (κ3) is 1.84. The van der Waals surface area contributed by atoms with Gasteiger partial charge in [-0.15, -0.1) is 0 Å². The van der Waals surface area contributed by atoms with E-state index in [-0.39, 0.29) is 0 Å². The summed E-state index contributed by atoms with van der Waals surface area (Å²) < 4.78 is 0. The SMILES string of the molecule is CC1CCC/C1=C\CCO. The summed E-state index contributed by atoms with van der Waals surface area (Å²) in [4.78, 5) is 0. The molecule has 1 fully saturated rings. The third-order valence-corrected chi connectivity index (χ3v) is 2.27. The molecule has 0 aromatic heterocycles. The van der Waals surface area contributed by atoms with Crippen LogP contribution in [-0.4, -0.2) is 11.7 Å². The topological polar surface area (TPSA) is 20.2 Å². The Morgan fingerprint density at radius 2 is 2.50 bits per heavy atom. The second-order valence-corrected chi connectivity index (χ2v) is 3.08. The largest absolute Gasteiger partial charge is 0.396 e. The van der Waals surface area contributed by atoms with Crippen LogP contribution in [0, 0.1) is 5.92 Å². The van der Waals surface area contributed by atoms with Crippen molar-refractivity contribution in [1.82, 2.24) is 0 Å². The second kappa shape index (κ2) is 3.77. The van der Waals surface area contributed by atoms with E-state index in [1.165, 1.54) is 19.3 Å². The highest BCUT2D eigenvalue weighted by molar-refractivity contribution is 5.09. The molecule has 0 aromatic rings. The standard InChI is InChI=1S/C9H16O/c1-8-4-2-5-9(8)6-3-7-10/h6,8,10H,2-5,7H2,1H3/b9-6+. The lowest BCUT2D eigenvalue weighted by Crippen LogP contribution is -1.89. The van der Waals surface area contributed by atoms with Gasteiger partial charge in [0, 0.05) is 6.61 Å². The first-order valence-electron chi connectivity index (χ1n) is 4.14. The zero-order valence-electron chi connectivity index (χ0n) is 6.64. The van der Waals surface area contributed by atoms with Gasteiger partial charge in [-0.3, -0.25) is 0 Å². The molecular weight excluding hydrogens is 124 g/mol. The molecule has 0 aliphatic heterocycles. The second-order valence-electron chi connectivity index (χ2n) is 3.08. The van der Waals surface area contributed by atoms with E-state index in [0.29, 0.717) is 6.61 Å². The third-order valence-electron chi connectivity index (χ3n) is 2.27. The van der Waals surface area contributed by atoms with Gasteiger partial charge in [-0.2, -0.15) is 0 Å². The fourth-order valence-electron chi connectivity index (χ4n) is 1.60. The van der Waals surface area contributed by atoms with Crippen molar-refractivity contribution >= 4 is 0 Å². The summed E-state index contributed by atoms with van der Waals surface area (Å²) in [6, 6.07) is 0. The molecule has 0 amide bonds.